The van der Waals surface area contributed by atoms with Crippen LogP contribution in [0, 0.1) is 5.92 Å². The van der Waals surface area contributed by atoms with Crippen molar-refractivity contribution in [3.63, 3.8) is 0 Å². The summed E-state index contributed by atoms with van der Waals surface area (Å²) >= 11 is 6.14. The van der Waals surface area contributed by atoms with E-state index in [0.717, 1.165) is 24.7 Å². The molecular weight excluding hydrogens is 244 g/mol. The van der Waals surface area contributed by atoms with Gasteiger partial charge in [0.1, 0.15) is 0 Å². The molecule has 2 nitrogen and oxygen atoms in total. The van der Waals surface area contributed by atoms with E-state index in [4.69, 9.17) is 11.6 Å². The average Bonchev–Trinajstić information content (AvgIpc) is 2.38. The molecule has 1 N–H and O–H groups in total. The van der Waals surface area contributed by atoms with Gasteiger partial charge in [-0.3, -0.25) is 0 Å². The Labute approximate surface area is 116 Å². The van der Waals surface area contributed by atoms with Crippen LogP contribution < -0.4 is 10.2 Å². The van der Waals surface area contributed by atoms with Crippen molar-refractivity contribution >= 4 is 17.3 Å². The molecule has 3 heteroatoms. The highest BCUT2D eigenvalue weighted by molar-refractivity contribution is 6.30. The summed E-state index contributed by atoms with van der Waals surface area (Å²) in [4.78, 5) is 2.42. The molecule has 1 rings (SSSR count). The van der Waals surface area contributed by atoms with Crippen LogP contribution in [0.3, 0.4) is 0 Å². The third kappa shape index (κ3) is 4.18. The molecule has 18 heavy (non-hydrogen) atoms. The fourth-order valence-electron chi connectivity index (χ4n) is 2.07. The maximum absolute atomic E-state index is 6.14. The number of hydrogen-bond acceptors (Lipinski definition) is 2. The maximum atomic E-state index is 6.14. The van der Waals surface area contributed by atoms with Crippen LogP contribution in [0.25, 0.3) is 0 Å². The minimum Gasteiger partial charge on any atom is -0.371 e. The molecule has 0 aliphatic rings. The first-order valence-corrected chi connectivity index (χ1v) is 7.18. The van der Waals surface area contributed by atoms with E-state index >= 15 is 0 Å². The molecule has 0 radical (unpaired) electrons. The van der Waals surface area contributed by atoms with Gasteiger partial charge in [0.25, 0.3) is 0 Å². The second-order valence-electron chi connectivity index (χ2n) is 4.86. The van der Waals surface area contributed by atoms with E-state index in [0.29, 0.717) is 5.92 Å². The lowest BCUT2D eigenvalue weighted by atomic mass is 10.1. The normalized spacial score (nSPS) is 12.5. The van der Waals surface area contributed by atoms with Crippen molar-refractivity contribution in [3.8, 4) is 0 Å². The maximum Gasteiger partial charge on any atom is 0.0426 e. The molecular formula is C15H25ClN2. The smallest absolute Gasteiger partial charge is 0.0426 e. The lowest BCUT2D eigenvalue weighted by molar-refractivity contribution is 0.547. The Morgan fingerprint density at radius 3 is 2.61 bits per heavy atom. The van der Waals surface area contributed by atoms with Crippen LogP contribution in [-0.2, 0) is 6.54 Å². The summed E-state index contributed by atoms with van der Waals surface area (Å²) in [6, 6.07) is 6.17. The van der Waals surface area contributed by atoms with Crippen molar-refractivity contribution in [2.75, 3.05) is 25.0 Å². The first-order chi connectivity index (χ1) is 8.62. The monoisotopic (exact) mass is 268 g/mol. The molecule has 1 aromatic rings. The van der Waals surface area contributed by atoms with Crippen molar-refractivity contribution in [1.82, 2.24) is 5.32 Å². The third-order valence-electron chi connectivity index (χ3n) is 3.37. The molecule has 1 aromatic carbocycles. The van der Waals surface area contributed by atoms with Gasteiger partial charge in [0, 0.05) is 30.3 Å². The van der Waals surface area contributed by atoms with E-state index in [2.05, 4.69) is 43.1 Å². The van der Waals surface area contributed by atoms with E-state index in [1.54, 1.807) is 0 Å². The lowest BCUT2D eigenvalue weighted by Gasteiger charge is -2.28. The molecule has 0 amide bonds. The number of benzene rings is 1. The first kappa shape index (κ1) is 15.3. The molecule has 0 saturated carbocycles. The van der Waals surface area contributed by atoms with Gasteiger partial charge in [-0.25, -0.2) is 0 Å². The van der Waals surface area contributed by atoms with Gasteiger partial charge in [0.05, 0.1) is 0 Å². The Hall–Kier alpha value is -0.730. The molecule has 0 aromatic heterocycles. The predicted molar refractivity (Wildman–Crippen MR) is 81.6 cm³/mol. The summed E-state index contributed by atoms with van der Waals surface area (Å²) in [7, 11) is 1.98. The van der Waals surface area contributed by atoms with E-state index in [1.165, 1.54) is 17.7 Å². The van der Waals surface area contributed by atoms with E-state index in [9.17, 15) is 0 Å². The number of halogens is 1. The van der Waals surface area contributed by atoms with Crippen molar-refractivity contribution in [3.05, 3.63) is 28.8 Å². The van der Waals surface area contributed by atoms with Crippen molar-refractivity contribution in [2.45, 2.75) is 33.7 Å². The van der Waals surface area contributed by atoms with Crippen LogP contribution >= 0.6 is 11.6 Å². The molecule has 0 bridgehead atoms. The fourth-order valence-corrected chi connectivity index (χ4v) is 2.24. The number of nitrogens with one attached hydrogen (secondary N) is 1. The van der Waals surface area contributed by atoms with Crippen LogP contribution in [0.4, 0.5) is 5.69 Å². The Kier molecular flexibility index (Phi) is 6.51. The van der Waals surface area contributed by atoms with Crippen LogP contribution in [0.1, 0.15) is 32.8 Å². The molecule has 0 saturated heterocycles. The van der Waals surface area contributed by atoms with Crippen molar-refractivity contribution in [2.24, 2.45) is 5.92 Å². The lowest BCUT2D eigenvalue weighted by Crippen LogP contribution is -2.29. The predicted octanol–water partition coefficient (Wildman–Crippen LogP) is 3.93. The molecule has 0 fully saturated rings. The van der Waals surface area contributed by atoms with Crippen LogP contribution in [0.15, 0.2) is 18.2 Å². The largest absolute Gasteiger partial charge is 0.371 e. The van der Waals surface area contributed by atoms with E-state index < -0.39 is 0 Å². The summed E-state index contributed by atoms with van der Waals surface area (Å²) in [5, 5.41) is 4.03. The van der Waals surface area contributed by atoms with Crippen molar-refractivity contribution < 1.29 is 0 Å². The zero-order valence-corrected chi connectivity index (χ0v) is 12.7. The number of hydrogen-bond donors (Lipinski definition) is 1. The average molecular weight is 269 g/mol. The van der Waals surface area contributed by atoms with E-state index in [1.807, 2.05) is 13.1 Å². The minimum absolute atomic E-state index is 0.700. The first-order valence-electron chi connectivity index (χ1n) is 6.80. The van der Waals surface area contributed by atoms with E-state index in [-0.39, 0.29) is 0 Å². The van der Waals surface area contributed by atoms with Gasteiger partial charge < -0.3 is 10.2 Å². The minimum atomic E-state index is 0.700. The Morgan fingerprint density at radius 2 is 2.06 bits per heavy atom. The number of nitrogens with zero attached hydrogens (tertiary/aromatic N) is 1. The van der Waals surface area contributed by atoms with Crippen LogP contribution in [0.5, 0.6) is 0 Å². The second-order valence-corrected chi connectivity index (χ2v) is 5.29. The standard InChI is InChI=1S/C15H25ClN2/c1-5-12(3)11-18(6-2)15-9-14(16)8-7-13(15)10-17-4/h7-9,12,17H,5-6,10-11H2,1-4H3. The fraction of sp³-hybridized carbons (Fsp3) is 0.600. The van der Waals surface area contributed by atoms with Crippen molar-refractivity contribution in [1.29, 1.82) is 0 Å². The zero-order chi connectivity index (χ0) is 13.5. The third-order valence-corrected chi connectivity index (χ3v) is 3.60. The molecule has 1 atom stereocenters. The van der Waals surface area contributed by atoms with Gasteiger partial charge >= 0.3 is 0 Å². The second kappa shape index (κ2) is 7.65. The summed E-state index contributed by atoms with van der Waals surface area (Å²) in [5.41, 5.74) is 2.58. The van der Waals surface area contributed by atoms with Gasteiger partial charge in [-0.2, -0.15) is 0 Å². The Morgan fingerprint density at radius 1 is 1.33 bits per heavy atom. The summed E-state index contributed by atoms with van der Waals surface area (Å²) in [6.45, 7) is 9.72. The van der Waals surface area contributed by atoms with Gasteiger partial charge in [-0.05, 0) is 37.6 Å². The highest BCUT2D eigenvalue weighted by atomic mass is 35.5. The SMILES string of the molecule is CCC(C)CN(CC)c1cc(Cl)ccc1CNC. The zero-order valence-electron chi connectivity index (χ0n) is 12.0. The molecule has 0 aliphatic heterocycles. The summed E-state index contributed by atoms with van der Waals surface area (Å²) < 4.78 is 0. The van der Waals surface area contributed by atoms with Gasteiger partial charge in [-0.1, -0.05) is 37.9 Å². The van der Waals surface area contributed by atoms with Crippen LogP contribution in [0.2, 0.25) is 5.02 Å². The highest BCUT2D eigenvalue weighted by Gasteiger charge is 2.12. The van der Waals surface area contributed by atoms with Gasteiger partial charge in [0.15, 0.2) is 0 Å². The Bertz CT molecular complexity index is 366. The highest BCUT2D eigenvalue weighted by Crippen LogP contribution is 2.26. The van der Waals surface area contributed by atoms with Gasteiger partial charge in [0.2, 0.25) is 0 Å². The topological polar surface area (TPSA) is 15.3 Å². The van der Waals surface area contributed by atoms with Gasteiger partial charge in [-0.15, -0.1) is 0 Å². The number of anilines is 1. The van der Waals surface area contributed by atoms with Crippen LogP contribution in [-0.4, -0.2) is 20.1 Å². The molecule has 102 valence electrons. The molecule has 1 unspecified atom stereocenters. The number of rotatable bonds is 7. The Balaban J connectivity index is 2.98. The molecule has 0 heterocycles. The molecule has 0 spiro atoms. The quantitative estimate of drug-likeness (QED) is 0.806. The molecule has 0 aliphatic carbocycles. The summed E-state index contributed by atoms with van der Waals surface area (Å²) in [5.74, 6) is 0.700. The summed E-state index contributed by atoms with van der Waals surface area (Å²) in [6.07, 6.45) is 1.21.